The molecule has 0 aromatic rings. The number of carbonyl (C=O) groups is 3. The predicted molar refractivity (Wildman–Crippen MR) is 64.7 cm³/mol. The summed E-state index contributed by atoms with van der Waals surface area (Å²) in [4.78, 5) is 36.2. The number of hydrogen-bond donors (Lipinski definition) is 0. The highest BCUT2D eigenvalue weighted by atomic mass is 16.5. The second kappa shape index (κ2) is 4.82. The summed E-state index contributed by atoms with van der Waals surface area (Å²) >= 11 is 0. The lowest BCUT2D eigenvalue weighted by molar-refractivity contribution is -0.160. The smallest absolute Gasteiger partial charge is 0.309 e. The lowest BCUT2D eigenvalue weighted by Crippen LogP contribution is -2.51. The first-order valence-electron chi connectivity index (χ1n) is 6.61. The van der Waals surface area contributed by atoms with E-state index < -0.39 is 11.8 Å². The van der Waals surface area contributed by atoms with Crippen molar-refractivity contribution in [3.63, 3.8) is 0 Å². The molecule has 18 heavy (non-hydrogen) atoms. The molecule has 0 saturated heterocycles. The number of fused-ring (bicyclic) bond motifs is 1. The summed E-state index contributed by atoms with van der Waals surface area (Å²) in [5.74, 6) is -1.26. The second-order valence-corrected chi connectivity index (χ2v) is 5.71. The largest absolute Gasteiger partial charge is 0.469 e. The van der Waals surface area contributed by atoms with Crippen LogP contribution in [-0.4, -0.2) is 24.6 Å². The number of ketones is 2. The quantitative estimate of drug-likeness (QED) is 0.665. The molecule has 5 atom stereocenters. The van der Waals surface area contributed by atoms with E-state index in [1.807, 2.05) is 13.8 Å². The van der Waals surface area contributed by atoms with E-state index >= 15 is 0 Å². The van der Waals surface area contributed by atoms with Crippen molar-refractivity contribution in [2.24, 2.45) is 29.6 Å². The molecule has 0 bridgehead atoms. The number of carbonyl (C=O) groups excluding carboxylic acids is 3. The molecule has 2 fully saturated rings. The van der Waals surface area contributed by atoms with Gasteiger partial charge in [0.05, 0.1) is 13.0 Å². The topological polar surface area (TPSA) is 60.4 Å². The van der Waals surface area contributed by atoms with Crippen LogP contribution in [0.2, 0.25) is 0 Å². The number of hydrogen-bond acceptors (Lipinski definition) is 4. The standard InChI is InChI=1S/C14H20O4/c1-7-4-5-9(14(17)18-3)12-10(15)6-8(2)13(16)11(7)12/h7-9,11-12H,4-6H2,1-3H3/t7-,8-,9+,11-,12-/m0/s1. The summed E-state index contributed by atoms with van der Waals surface area (Å²) in [7, 11) is 1.34. The summed E-state index contributed by atoms with van der Waals surface area (Å²) in [6, 6.07) is 0. The fourth-order valence-corrected chi connectivity index (χ4v) is 3.57. The maximum atomic E-state index is 12.3. The van der Waals surface area contributed by atoms with Gasteiger partial charge in [-0.05, 0) is 18.8 Å². The Morgan fingerprint density at radius 1 is 1.17 bits per heavy atom. The summed E-state index contributed by atoms with van der Waals surface area (Å²) in [6.07, 6.45) is 1.75. The van der Waals surface area contributed by atoms with Gasteiger partial charge in [0, 0.05) is 24.2 Å². The Bertz CT molecular complexity index is 387. The van der Waals surface area contributed by atoms with Crippen molar-refractivity contribution in [3.05, 3.63) is 0 Å². The highest BCUT2D eigenvalue weighted by Crippen LogP contribution is 2.45. The Morgan fingerprint density at radius 3 is 2.44 bits per heavy atom. The van der Waals surface area contributed by atoms with Crippen molar-refractivity contribution in [2.45, 2.75) is 33.1 Å². The number of rotatable bonds is 1. The van der Waals surface area contributed by atoms with Gasteiger partial charge in [0.15, 0.2) is 0 Å². The summed E-state index contributed by atoms with van der Waals surface area (Å²) in [5, 5.41) is 0. The molecular weight excluding hydrogens is 232 g/mol. The Morgan fingerprint density at radius 2 is 1.83 bits per heavy atom. The first-order valence-corrected chi connectivity index (χ1v) is 6.61. The van der Waals surface area contributed by atoms with Crippen molar-refractivity contribution in [2.75, 3.05) is 7.11 Å². The SMILES string of the molecule is COC(=O)[C@@H]1CC[C@H](C)[C@@H]2C(=O)[C@@H](C)CC(=O)[C@@H]21. The Kier molecular flexibility index (Phi) is 3.55. The lowest BCUT2D eigenvalue weighted by atomic mass is 9.58. The van der Waals surface area contributed by atoms with Crippen LogP contribution in [0.15, 0.2) is 0 Å². The third-order valence-electron chi connectivity index (χ3n) is 4.56. The van der Waals surface area contributed by atoms with Crippen LogP contribution < -0.4 is 0 Å². The number of esters is 1. The van der Waals surface area contributed by atoms with Crippen molar-refractivity contribution < 1.29 is 19.1 Å². The van der Waals surface area contributed by atoms with Gasteiger partial charge in [0.25, 0.3) is 0 Å². The minimum Gasteiger partial charge on any atom is -0.469 e. The summed E-state index contributed by atoms with van der Waals surface area (Å²) in [5.41, 5.74) is 0. The molecular formula is C14H20O4. The van der Waals surface area contributed by atoms with E-state index in [4.69, 9.17) is 4.74 Å². The van der Waals surface area contributed by atoms with Gasteiger partial charge in [-0.15, -0.1) is 0 Å². The van der Waals surface area contributed by atoms with E-state index in [-0.39, 0.29) is 41.7 Å². The van der Waals surface area contributed by atoms with Crippen molar-refractivity contribution in [3.8, 4) is 0 Å². The fraction of sp³-hybridized carbons (Fsp3) is 0.786. The second-order valence-electron chi connectivity index (χ2n) is 5.71. The maximum Gasteiger partial charge on any atom is 0.309 e. The van der Waals surface area contributed by atoms with Gasteiger partial charge in [0.2, 0.25) is 0 Å². The molecule has 2 rings (SSSR count). The molecule has 0 spiro atoms. The van der Waals surface area contributed by atoms with Crippen LogP contribution in [0.3, 0.4) is 0 Å². The molecule has 0 aliphatic heterocycles. The molecule has 4 heteroatoms. The van der Waals surface area contributed by atoms with E-state index in [9.17, 15) is 14.4 Å². The monoisotopic (exact) mass is 252 g/mol. The van der Waals surface area contributed by atoms with Crippen LogP contribution in [-0.2, 0) is 19.1 Å². The van der Waals surface area contributed by atoms with E-state index in [0.717, 1.165) is 6.42 Å². The van der Waals surface area contributed by atoms with Gasteiger partial charge in [-0.3, -0.25) is 14.4 Å². The average Bonchev–Trinajstić information content (AvgIpc) is 2.35. The highest BCUT2D eigenvalue weighted by molar-refractivity contribution is 6.00. The molecule has 0 aromatic carbocycles. The summed E-state index contributed by atoms with van der Waals surface area (Å²) < 4.78 is 4.78. The van der Waals surface area contributed by atoms with E-state index in [1.165, 1.54) is 7.11 Å². The zero-order valence-corrected chi connectivity index (χ0v) is 11.1. The highest BCUT2D eigenvalue weighted by Gasteiger charge is 2.51. The van der Waals surface area contributed by atoms with Gasteiger partial charge in [-0.2, -0.15) is 0 Å². The van der Waals surface area contributed by atoms with Gasteiger partial charge in [-0.1, -0.05) is 13.8 Å². The molecule has 0 amide bonds. The summed E-state index contributed by atoms with van der Waals surface area (Å²) in [6.45, 7) is 3.82. The number of ether oxygens (including phenoxy) is 1. The molecule has 0 N–H and O–H groups in total. The van der Waals surface area contributed by atoms with E-state index in [0.29, 0.717) is 6.42 Å². The molecule has 100 valence electrons. The molecule has 0 unspecified atom stereocenters. The molecule has 2 saturated carbocycles. The predicted octanol–water partition coefficient (Wildman–Crippen LogP) is 1.62. The third-order valence-corrected chi connectivity index (χ3v) is 4.56. The van der Waals surface area contributed by atoms with E-state index in [1.54, 1.807) is 0 Å². The van der Waals surface area contributed by atoms with Gasteiger partial charge < -0.3 is 4.74 Å². The number of Topliss-reactive ketones (excluding diaryl/α,β-unsaturated/α-hetero) is 2. The average molecular weight is 252 g/mol. The van der Waals surface area contributed by atoms with Gasteiger partial charge in [0.1, 0.15) is 11.6 Å². The molecule has 0 aromatic heterocycles. The van der Waals surface area contributed by atoms with Crippen molar-refractivity contribution in [1.29, 1.82) is 0 Å². The lowest BCUT2D eigenvalue weighted by Gasteiger charge is -2.43. The van der Waals surface area contributed by atoms with Crippen LogP contribution in [0.4, 0.5) is 0 Å². The first kappa shape index (κ1) is 13.2. The minimum atomic E-state index is -0.440. The van der Waals surface area contributed by atoms with E-state index in [2.05, 4.69) is 0 Å². The number of methoxy groups -OCH3 is 1. The molecule has 2 aliphatic rings. The van der Waals surface area contributed by atoms with Crippen LogP contribution in [0, 0.1) is 29.6 Å². The zero-order chi connectivity index (χ0) is 13.4. The Hall–Kier alpha value is -1.19. The Labute approximate surface area is 107 Å². The molecule has 4 nitrogen and oxygen atoms in total. The molecule has 0 heterocycles. The third kappa shape index (κ3) is 1.98. The molecule has 0 radical (unpaired) electrons. The normalized spacial score (nSPS) is 40.3. The minimum absolute atomic E-state index is 0.0639. The zero-order valence-electron chi connectivity index (χ0n) is 11.1. The van der Waals surface area contributed by atoms with Crippen molar-refractivity contribution >= 4 is 17.5 Å². The Balaban J connectivity index is 2.33. The van der Waals surface area contributed by atoms with Crippen molar-refractivity contribution in [1.82, 2.24) is 0 Å². The van der Waals surface area contributed by atoms with Crippen LogP contribution >= 0.6 is 0 Å². The van der Waals surface area contributed by atoms with Gasteiger partial charge >= 0.3 is 5.97 Å². The molecule has 2 aliphatic carbocycles. The van der Waals surface area contributed by atoms with Crippen LogP contribution in [0.5, 0.6) is 0 Å². The van der Waals surface area contributed by atoms with Gasteiger partial charge in [-0.25, -0.2) is 0 Å². The van der Waals surface area contributed by atoms with Crippen LogP contribution in [0.1, 0.15) is 33.1 Å². The fourth-order valence-electron chi connectivity index (χ4n) is 3.57. The van der Waals surface area contributed by atoms with Crippen LogP contribution in [0.25, 0.3) is 0 Å². The first-order chi connectivity index (χ1) is 8.47. The maximum absolute atomic E-state index is 12.3.